The van der Waals surface area contributed by atoms with E-state index in [4.69, 9.17) is 0 Å². The van der Waals surface area contributed by atoms with Crippen molar-refractivity contribution in [2.24, 2.45) is 5.92 Å². The minimum Gasteiger partial charge on any atom is -0.389 e. The van der Waals surface area contributed by atoms with Crippen LogP contribution in [0, 0.1) is 5.92 Å². The Hall–Kier alpha value is -1.20. The maximum Gasteiger partial charge on any atom is 0.266 e. The lowest BCUT2D eigenvalue weighted by Crippen LogP contribution is -2.54. The molecule has 5 heteroatoms. The zero-order valence-corrected chi connectivity index (χ0v) is 14.6. The summed E-state index contributed by atoms with van der Waals surface area (Å²) in [6, 6.07) is 3.47. The van der Waals surface area contributed by atoms with Crippen LogP contribution >= 0.6 is 0 Å². The van der Waals surface area contributed by atoms with Crippen LogP contribution in [0.2, 0.25) is 0 Å². The third-order valence-corrected chi connectivity index (χ3v) is 5.15. The van der Waals surface area contributed by atoms with Crippen molar-refractivity contribution in [2.45, 2.75) is 64.0 Å². The SMILES string of the molecule is CC(C)(C)c1ccc(=O)n(CC2CN(CC3(O)CCCC3)C2)n1. The average molecular weight is 319 g/mol. The Labute approximate surface area is 138 Å². The molecule has 2 heterocycles. The lowest BCUT2D eigenvalue weighted by molar-refractivity contribution is -0.0303. The van der Waals surface area contributed by atoms with Gasteiger partial charge in [0.1, 0.15) is 0 Å². The smallest absolute Gasteiger partial charge is 0.266 e. The number of likely N-dealkylation sites (tertiary alicyclic amines) is 1. The molecule has 23 heavy (non-hydrogen) atoms. The van der Waals surface area contributed by atoms with E-state index in [0.29, 0.717) is 12.5 Å². The molecule has 2 aliphatic rings. The summed E-state index contributed by atoms with van der Waals surface area (Å²) < 4.78 is 1.62. The molecule has 2 fully saturated rings. The van der Waals surface area contributed by atoms with Crippen molar-refractivity contribution in [1.82, 2.24) is 14.7 Å². The normalized spacial score (nSPS) is 22.3. The van der Waals surface area contributed by atoms with Crippen LogP contribution in [0.4, 0.5) is 0 Å². The van der Waals surface area contributed by atoms with Crippen molar-refractivity contribution in [1.29, 1.82) is 0 Å². The molecule has 5 nitrogen and oxygen atoms in total. The molecule has 0 radical (unpaired) electrons. The summed E-state index contributed by atoms with van der Waals surface area (Å²) in [7, 11) is 0. The minimum absolute atomic E-state index is 0.0223. The fraction of sp³-hybridized carbons (Fsp3) is 0.778. The Morgan fingerprint density at radius 3 is 2.52 bits per heavy atom. The van der Waals surface area contributed by atoms with Gasteiger partial charge in [0.05, 0.1) is 17.8 Å². The Balaban J connectivity index is 1.56. The molecule has 128 valence electrons. The first-order valence-corrected chi connectivity index (χ1v) is 8.79. The standard InChI is InChI=1S/C18H29N3O2/c1-17(2,3)15-6-7-16(22)21(19-15)12-14-10-20(11-14)13-18(23)8-4-5-9-18/h6-7,14,23H,4-5,8-13H2,1-3H3. The van der Waals surface area contributed by atoms with Gasteiger partial charge in [-0.25, -0.2) is 4.68 Å². The Morgan fingerprint density at radius 1 is 1.26 bits per heavy atom. The van der Waals surface area contributed by atoms with E-state index < -0.39 is 5.60 Å². The van der Waals surface area contributed by atoms with E-state index in [9.17, 15) is 9.90 Å². The minimum atomic E-state index is -0.466. The predicted molar refractivity (Wildman–Crippen MR) is 90.5 cm³/mol. The van der Waals surface area contributed by atoms with Crippen molar-refractivity contribution in [3.63, 3.8) is 0 Å². The third-order valence-electron chi connectivity index (χ3n) is 5.15. The highest BCUT2D eigenvalue weighted by Gasteiger charge is 2.37. The second kappa shape index (κ2) is 6.02. The summed E-state index contributed by atoms with van der Waals surface area (Å²) in [4.78, 5) is 14.3. The maximum atomic E-state index is 12.0. The van der Waals surface area contributed by atoms with Crippen LogP contribution in [-0.2, 0) is 12.0 Å². The highest BCUT2D eigenvalue weighted by molar-refractivity contribution is 5.10. The number of hydrogen-bond donors (Lipinski definition) is 1. The van der Waals surface area contributed by atoms with E-state index in [1.807, 2.05) is 6.07 Å². The summed E-state index contributed by atoms with van der Waals surface area (Å²) in [5, 5.41) is 15.0. The van der Waals surface area contributed by atoms with Crippen LogP contribution in [-0.4, -0.2) is 45.0 Å². The van der Waals surface area contributed by atoms with Gasteiger partial charge in [-0.1, -0.05) is 33.6 Å². The highest BCUT2D eigenvalue weighted by atomic mass is 16.3. The number of hydrogen-bond acceptors (Lipinski definition) is 4. The van der Waals surface area contributed by atoms with Crippen molar-refractivity contribution in [3.8, 4) is 0 Å². The molecular formula is C18H29N3O2. The summed E-state index contributed by atoms with van der Waals surface area (Å²) >= 11 is 0. The van der Waals surface area contributed by atoms with Gasteiger partial charge < -0.3 is 5.11 Å². The monoisotopic (exact) mass is 319 g/mol. The summed E-state index contributed by atoms with van der Waals surface area (Å²) in [5.41, 5.74) is 0.415. The van der Waals surface area contributed by atoms with Crippen LogP contribution in [0.3, 0.4) is 0 Å². The molecule has 0 amide bonds. The zero-order chi connectivity index (χ0) is 16.7. The number of aliphatic hydroxyl groups is 1. The molecule has 0 bridgehead atoms. The number of aromatic nitrogens is 2. The van der Waals surface area contributed by atoms with E-state index in [0.717, 1.165) is 51.0 Å². The molecule has 3 rings (SSSR count). The second-order valence-corrected chi connectivity index (χ2v) is 8.48. The Bertz CT molecular complexity index is 605. The summed E-state index contributed by atoms with van der Waals surface area (Å²) in [6.07, 6.45) is 4.16. The quantitative estimate of drug-likeness (QED) is 0.919. The molecule has 1 aliphatic heterocycles. The number of nitrogens with zero attached hydrogens (tertiary/aromatic N) is 3. The molecular weight excluding hydrogens is 290 g/mol. The van der Waals surface area contributed by atoms with Gasteiger partial charge in [0, 0.05) is 37.0 Å². The van der Waals surface area contributed by atoms with Crippen molar-refractivity contribution >= 4 is 0 Å². The van der Waals surface area contributed by atoms with Gasteiger partial charge in [0.2, 0.25) is 0 Å². The van der Waals surface area contributed by atoms with Crippen LogP contribution < -0.4 is 5.56 Å². The van der Waals surface area contributed by atoms with E-state index in [1.165, 1.54) is 0 Å². The van der Waals surface area contributed by atoms with Gasteiger partial charge in [0.25, 0.3) is 5.56 Å². The van der Waals surface area contributed by atoms with Crippen molar-refractivity contribution < 1.29 is 5.11 Å². The molecule has 0 aromatic carbocycles. The Morgan fingerprint density at radius 2 is 1.91 bits per heavy atom. The molecule has 1 aromatic heterocycles. The van der Waals surface area contributed by atoms with E-state index in [1.54, 1.807) is 10.7 Å². The van der Waals surface area contributed by atoms with Crippen LogP contribution in [0.1, 0.15) is 52.1 Å². The van der Waals surface area contributed by atoms with Gasteiger partial charge in [-0.15, -0.1) is 0 Å². The van der Waals surface area contributed by atoms with Gasteiger partial charge in [-0.2, -0.15) is 5.10 Å². The summed E-state index contributed by atoms with van der Waals surface area (Å²) in [5.74, 6) is 0.459. The van der Waals surface area contributed by atoms with E-state index in [-0.39, 0.29) is 11.0 Å². The molecule has 1 saturated carbocycles. The molecule has 1 aliphatic carbocycles. The fourth-order valence-corrected chi connectivity index (χ4v) is 3.75. The lowest BCUT2D eigenvalue weighted by Gasteiger charge is -2.42. The first kappa shape index (κ1) is 16.7. The average Bonchev–Trinajstić information content (AvgIpc) is 2.84. The Kier molecular flexibility index (Phi) is 4.36. The van der Waals surface area contributed by atoms with Gasteiger partial charge in [-0.3, -0.25) is 9.69 Å². The number of rotatable bonds is 4. The largest absolute Gasteiger partial charge is 0.389 e. The maximum absolute atomic E-state index is 12.0. The third kappa shape index (κ3) is 3.83. The fourth-order valence-electron chi connectivity index (χ4n) is 3.75. The van der Waals surface area contributed by atoms with Crippen molar-refractivity contribution in [3.05, 3.63) is 28.2 Å². The van der Waals surface area contributed by atoms with Crippen LogP contribution in [0.25, 0.3) is 0 Å². The molecule has 0 unspecified atom stereocenters. The molecule has 0 spiro atoms. The van der Waals surface area contributed by atoms with Crippen LogP contribution in [0.15, 0.2) is 16.9 Å². The number of β-amino-alcohol motifs (C(OH)–C–C–N with tert-alkyl or cyclic N) is 1. The van der Waals surface area contributed by atoms with Gasteiger partial charge >= 0.3 is 0 Å². The molecule has 1 N–H and O–H groups in total. The first-order chi connectivity index (χ1) is 10.8. The topological polar surface area (TPSA) is 58.4 Å². The van der Waals surface area contributed by atoms with Gasteiger partial charge in [0.15, 0.2) is 0 Å². The predicted octanol–water partition coefficient (Wildman–Crippen LogP) is 1.78. The lowest BCUT2D eigenvalue weighted by atomic mass is 9.92. The van der Waals surface area contributed by atoms with E-state index in [2.05, 4.69) is 30.8 Å². The molecule has 1 saturated heterocycles. The second-order valence-electron chi connectivity index (χ2n) is 8.48. The molecule has 1 aromatic rings. The van der Waals surface area contributed by atoms with E-state index >= 15 is 0 Å². The van der Waals surface area contributed by atoms with Gasteiger partial charge in [-0.05, 0) is 18.9 Å². The van der Waals surface area contributed by atoms with Crippen LogP contribution in [0.5, 0.6) is 0 Å². The highest BCUT2D eigenvalue weighted by Crippen LogP contribution is 2.32. The summed E-state index contributed by atoms with van der Waals surface area (Å²) in [6.45, 7) is 9.70. The zero-order valence-electron chi connectivity index (χ0n) is 14.6. The first-order valence-electron chi connectivity index (χ1n) is 8.79. The van der Waals surface area contributed by atoms with Crippen molar-refractivity contribution in [2.75, 3.05) is 19.6 Å². The molecule has 0 atom stereocenters.